The van der Waals surface area contributed by atoms with Crippen LogP contribution in [0, 0.1) is 12.7 Å². The molecule has 2 heterocycles. The van der Waals surface area contributed by atoms with Crippen LogP contribution in [0.4, 0.5) is 14.9 Å². The summed E-state index contributed by atoms with van der Waals surface area (Å²) in [5.74, 6) is -0.152. The van der Waals surface area contributed by atoms with Gasteiger partial charge in [0.1, 0.15) is 24.4 Å². The van der Waals surface area contributed by atoms with Gasteiger partial charge in [0.25, 0.3) is 10.1 Å². The van der Waals surface area contributed by atoms with Crippen molar-refractivity contribution in [1.82, 2.24) is 9.97 Å². The smallest absolute Gasteiger partial charge is 0.414 e. The molecule has 1 atom stereocenters. The molecule has 0 unspecified atom stereocenters. The molecule has 25 heavy (non-hydrogen) atoms. The third-order valence-electron chi connectivity index (χ3n) is 3.56. The van der Waals surface area contributed by atoms with Crippen LogP contribution in [0.5, 0.6) is 0 Å². The number of aromatic nitrogens is 2. The maximum atomic E-state index is 14.4. The van der Waals surface area contributed by atoms with Crippen molar-refractivity contribution in [2.45, 2.75) is 13.0 Å². The van der Waals surface area contributed by atoms with E-state index in [0.29, 0.717) is 11.5 Å². The molecule has 1 saturated heterocycles. The first-order chi connectivity index (χ1) is 11.7. The molecular formula is C15H16FN3O5S. The highest BCUT2D eigenvalue weighted by atomic mass is 32.2. The zero-order valence-corrected chi connectivity index (χ0v) is 14.3. The summed E-state index contributed by atoms with van der Waals surface area (Å²) in [6, 6.07) is 4.28. The number of H-pyrrole nitrogens is 1. The Labute approximate surface area is 143 Å². The maximum absolute atomic E-state index is 14.4. The largest absolute Gasteiger partial charge is 0.441 e. The second kappa shape index (κ2) is 6.45. The van der Waals surface area contributed by atoms with Crippen LogP contribution >= 0.6 is 0 Å². The van der Waals surface area contributed by atoms with Gasteiger partial charge >= 0.3 is 6.09 Å². The van der Waals surface area contributed by atoms with E-state index in [-0.39, 0.29) is 18.7 Å². The Kier molecular flexibility index (Phi) is 4.48. The molecule has 1 aromatic carbocycles. The summed E-state index contributed by atoms with van der Waals surface area (Å²) in [4.78, 5) is 20.2. The second-order valence-corrected chi connectivity index (χ2v) is 7.33. The maximum Gasteiger partial charge on any atom is 0.414 e. The Bertz CT molecular complexity index is 912. The minimum Gasteiger partial charge on any atom is -0.441 e. The molecule has 3 rings (SSSR count). The fourth-order valence-corrected chi connectivity index (χ4v) is 2.83. The predicted molar refractivity (Wildman–Crippen MR) is 87.1 cm³/mol. The molecule has 10 heteroatoms. The molecule has 1 N–H and O–H groups in total. The average Bonchev–Trinajstić information content (AvgIpc) is 3.10. The number of anilines is 1. The Hall–Kier alpha value is -2.46. The van der Waals surface area contributed by atoms with Crippen molar-refractivity contribution >= 4 is 21.9 Å². The Morgan fingerprint density at radius 1 is 1.48 bits per heavy atom. The Balaban J connectivity index is 1.76. The summed E-state index contributed by atoms with van der Waals surface area (Å²) in [7, 11) is -3.63. The van der Waals surface area contributed by atoms with Gasteiger partial charge in [0.05, 0.1) is 24.1 Å². The average molecular weight is 369 g/mol. The number of imidazole rings is 1. The molecule has 0 saturated carbocycles. The van der Waals surface area contributed by atoms with E-state index < -0.39 is 28.1 Å². The Morgan fingerprint density at radius 3 is 2.84 bits per heavy atom. The van der Waals surface area contributed by atoms with Crippen molar-refractivity contribution in [2.75, 3.05) is 24.3 Å². The molecule has 0 bridgehead atoms. The fourth-order valence-electron chi connectivity index (χ4n) is 2.43. The van der Waals surface area contributed by atoms with Gasteiger partial charge in [-0.25, -0.2) is 14.2 Å². The standard InChI is InChI=1S/C15H16FN3O5S/c1-9-6-17-14(18-9)12-4-3-10(5-13(12)16)19-7-11(24-15(19)20)8-23-25(2,21)22/h3-6,11H,7-8H2,1-2H3,(H,17,18)/t11-/m1/s1. The number of carbonyl (C=O) groups is 1. The van der Waals surface area contributed by atoms with E-state index in [1.165, 1.54) is 17.0 Å². The van der Waals surface area contributed by atoms with Gasteiger partial charge in [0.15, 0.2) is 0 Å². The number of cyclic esters (lactones) is 1. The summed E-state index contributed by atoms with van der Waals surface area (Å²) < 4.78 is 46.1. The highest BCUT2D eigenvalue weighted by Gasteiger charge is 2.33. The molecule has 2 aromatic rings. The molecule has 0 spiro atoms. The number of halogens is 1. The topological polar surface area (TPSA) is 102 Å². The minimum absolute atomic E-state index is 0.0625. The summed E-state index contributed by atoms with van der Waals surface area (Å²) in [5, 5.41) is 0. The number of aromatic amines is 1. The first-order valence-corrected chi connectivity index (χ1v) is 9.18. The molecule has 1 aromatic heterocycles. The lowest BCUT2D eigenvalue weighted by atomic mass is 10.1. The van der Waals surface area contributed by atoms with Crippen LogP contribution in [-0.2, 0) is 19.0 Å². The van der Waals surface area contributed by atoms with Gasteiger partial charge in [-0.1, -0.05) is 0 Å². The molecule has 0 radical (unpaired) electrons. The predicted octanol–water partition coefficient (Wildman–Crippen LogP) is 1.83. The molecule has 1 amide bonds. The number of hydrogen-bond acceptors (Lipinski definition) is 6. The summed E-state index contributed by atoms with van der Waals surface area (Å²) in [6.07, 6.45) is 1.06. The van der Waals surface area contributed by atoms with Gasteiger partial charge in [0.2, 0.25) is 0 Å². The summed E-state index contributed by atoms with van der Waals surface area (Å²) in [6.45, 7) is 1.59. The SMILES string of the molecule is Cc1cnc(-c2ccc(N3C[C@H](COS(C)(=O)=O)OC3=O)cc2F)[nH]1. The number of amides is 1. The summed E-state index contributed by atoms with van der Waals surface area (Å²) in [5.41, 5.74) is 1.38. The summed E-state index contributed by atoms with van der Waals surface area (Å²) >= 11 is 0. The van der Waals surface area contributed by atoms with Crippen molar-refractivity contribution in [3.63, 3.8) is 0 Å². The van der Waals surface area contributed by atoms with Gasteiger partial charge < -0.3 is 9.72 Å². The van der Waals surface area contributed by atoms with Gasteiger partial charge in [-0.15, -0.1) is 0 Å². The van der Waals surface area contributed by atoms with E-state index in [9.17, 15) is 17.6 Å². The van der Waals surface area contributed by atoms with Crippen LogP contribution in [0.2, 0.25) is 0 Å². The molecule has 1 aliphatic rings. The van der Waals surface area contributed by atoms with Crippen molar-refractivity contribution in [3.8, 4) is 11.4 Å². The van der Waals surface area contributed by atoms with E-state index in [4.69, 9.17) is 4.74 Å². The fraction of sp³-hybridized carbons (Fsp3) is 0.333. The van der Waals surface area contributed by atoms with E-state index in [2.05, 4.69) is 14.2 Å². The van der Waals surface area contributed by atoms with Crippen LogP contribution in [-0.4, -0.2) is 50.0 Å². The van der Waals surface area contributed by atoms with E-state index in [1.807, 2.05) is 6.92 Å². The Morgan fingerprint density at radius 2 is 2.24 bits per heavy atom. The number of aryl methyl sites for hydroxylation is 1. The van der Waals surface area contributed by atoms with E-state index in [0.717, 1.165) is 11.9 Å². The molecule has 1 aliphatic heterocycles. The number of nitrogens with one attached hydrogen (secondary N) is 1. The normalized spacial score (nSPS) is 17.8. The van der Waals surface area contributed by atoms with E-state index in [1.54, 1.807) is 12.3 Å². The third kappa shape index (κ3) is 3.97. The lowest BCUT2D eigenvalue weighted by Gasteiger charge is -2.14. The quantitative estimate of drug-likeness (QED) is 0.807. The lowest BCUT2D eigenvalue weighted by molar-refractivity contribution is 0.107. The minimum atomic E-state index is -3.63. The number of ether oxygens (including phenoxy) is 1. The molecular weight excluding hydrogens is 353 g/mol. The van der Waals surface area contributed by atoms with Crippen LogP contribution in [0.3, 0.4) is 0 Å². The van der Waals surface area contributed by atoms with Crippen LogP contribution < -0.4 is 4.90 Å². The highest BCUT2D eigenvalue weighted by molar-refractivity contribution is 7.85. The van der Waals surface area contributed by atoms with E-state index >= 15 is 0 Å². The second-order valence-electron chi connectivity index (χ2n) is 5.68. The number of benzene rings is 1. The number of carbonyl (C=O) groups excluding carboxylic acids is 1. The van der Waals surface area contributed by atoms with Crippen molar-refractivity contribution in [1.29, 1.82) is 0 Å². The number of nitrogens with zero attached hydrogens (tertiary/aromatic N) is 2. The van der Waals surface area contributed by atoms with Crippen molar-refractivity contribution in [3.05, 3.63) is 35.9 Å². The lowest BCUT2D eigenvalue weighted by Crippen LogP contribution is -2.26. The highest BCUT2D eigenvalue weighted by Crippen LogP contribution is 2.27. The molecule has 8 nitrogen and oxygen atoms in total. The van der Waals surface area contributed by atoms with Gasteiger partial charge in [-0.05, 0) is 25.1 Å². The zero-order chi connectivity index (χ0) is 18.2. The molecule has 1 fully saturated rings. The first-order valence-electron chi connectivity index (χ1n) is 7.37. The van der Waals surface area contributed by atoms with Crippen LogP contribution in [0.15, 0.2) is 24.4 Å². The first kappa shape index (κ1) is 17.4. The van der Waals surface area contributed by atoms with Crippen LogP contribution in [0.25, 0.3) is 11.4 Å². The van der Waals surface area contributed by atoms with Crippen molar-refractivity contribution in [2.24, 2.45) is 0 Å². The van der Waals surface area contributed by atoms with Crippen LogP contribution in [0.1, 0.15) is 5.69 Å². The van der Waals surface area contributed by atoms with Gasteiger partial charge in [0, 0.05) is 11.9 Å². The monoisotopic (exact) mass is 369 g/mol. The number of rotatable bonds is 5. The van der Waals surface area contributed by atoms with Crippen molar-refractivity contribution < 1.29 is 26.5 Å². The molecule has 0 aliphatic carbocycles. The van der Waals surface area contributed by atoms with Gasteiger partial charge in [-0.2, -0.15) is 8.42 Å². The zero-order valence-electron chi connectivity index (χ0n) is 13.5. The van der Waals surface area contributed by atoms with Gasteiger partial charge in [-0.3, -0.25) is 9.08 Å². The number of hydrogen-bond donors (Lipinski definition) is 1. The third-order valence-corrected chi connectivity index (χ3v) is 4.13. The molecule has 134 valence electrons.